The Hall–Kier alpha value is -1.06. The number of hydrogen-bond donors (Lipinski definition) is 1. The average molecular weight is 261 g/mol. The van der Waals surface area contributed by atoms with Crippen LogP contribution in [0.25, 0.3) is 0 Å². The normalized spacial score (nSPS) is 18.6. The van der Waals surface area contributed by atoms with Crippen LogP contribution < -0.4 is 10.6 Å². The van der Waals surface area contributed by atoms with E-state index >= 15 is 0 Å². The fourth-order valence-electron chi connectivity index (χ4n) is 2.78. The van der Waals surface area contributed by atoms with Gasteiger partial charge in [-0.2, -0.15) is 0 Å². The minimum atomic E-state index is 0.633. The first-order valence-electron chi connectivity index (χ1n) is 7.44. The van der Waals surface area contributed by atoms with Crippen LogP contribution in [0, 0.1) is 6.92 Å². The second kappa shape index (κ2) is 6.40. The van der Waals surface area contributed by atoms with Gasteiger partial charge < -0.3 is 10.6 Å². The first-order chi connectivity index (χ1) is 9.15. The predicted molar refractivity (Wildman–Crippen MR) is 82.6 cm³/mol. The Kier molecular flexibility index (Phi) is 4.83. The molecule has 106 valence electrons. The van der Waals surface area contributed by atoms with Crippen LogP contribution >= 0.6 is 0 Å². The van der Waals surface area contributed by atoms with E-state index in [2.05, 4.69) is 48.8 Å². The monoisotopic (exact) mass is 261 g/mol. The highest BCUT2D eigenvalue weighted by Gasteiger charge is 2.20. The van der Waals surface area contributed by atoms with Crippen molar-refractivity contribution in [3.63, 3.8) is 0 Å². The summed E-state index contributed by atoms with van der Waals surface area (Å²) >= 11 is 0. The van der Waals surface area contributed by atoms with Gasteiger partial charge in [-0.05, 0) is 43.5 Å². The van der Waals surface area contributed by atoms with Crippen molar-refractivity contribution in [3.8, 4) is 0 Å². The van der Waals surface area contributed by atoms with E-state index in [1.165, 1.54) is 36.3 Å². The quantitative estimate of drug-likeness (QED) is 0.903. The Balaban J connectivity index is 1.99. The minimum absolute atomic E-state index is 0.633. The molecule has 0 aliphatic carbocycles. The van der Waals surface area contributed by atoms with Gasteiger partial charge in [-0.3, -0.25) is 4.90 Å². The van der Waals surface area contributed by atoms with Gasteiger partial charge in [-0.15, -0.1) is 0 Å². The largest absolute Gasteiger partial charge is 0.369 e. The summed E-state index contributed by atoms with van der Waals surface area (Å²) in [7, 11) is 0. The molecule has 1 saturated heterocycles. The number of nitrogens with zero attached hydrogens (tertiary/aromatic N) is 2. The molecule has 0 bridgehead atoms. The molecule has 1 unspecified atom stereocenters. The number of anilines is 1. The molecule has 2 rings (SSSR count). The van der Waals surface area contributed by atoms with Gasteiger partial charge in [-0.25, -0.2) is 0 Å². The lowest BCUT2D eigenvalue weighted by Gasteiger charge is -2.39. The lowest BCUT2D eigenvalue weighted by atomic mass is 10.1. The van der Waals surface area contributed by atoms with E-state index in [-0.39, 0.29) is 0 Å². The van der Waals surface area contributed by atoms with Gasteiger partial charge in [0, 0.05) is 44.5 Å². The number of aryl methyl sites for hydroxylation is 1. The van der Waals surface area contributed by atoms with Crippen molar-refractivity contribution >= 4 is 5.69 Å². The summed E-state index contributed by atoms with van der Waals surface area (Å²) in [5.74, 6) is 0. The highest BCUT2D eigenvalue weighted by molar-refractivity contribution is 5.51. The predicted octanol–water partition coefficient (Wildman–Crippen LogP) is 2.37. The maximum Gasteiger partial charge on any atom is 0.0369 e. The average Bonchev–Trinajstić information content (AvgIpc) is 2.46. The van der Waals surface area contributed by atoms with Gasteiger partial charge in [0.15, 0.2) is 0 Å². The van der Waals surface area contributed by atoms with Gasteiger partial charge in [-0.1, -0.05) is 13.0 Å². The second-order valence-corrected chi connectivity index (χ2v) is 5.60. The molecule has 0 radical (unpaired) electrons. The molecule has 3 nitrogen and oxygen atoms in total. The Morgan fingerprint density at radius 1 is 1.21 bits per heavy atom. The second-order valence-electron chi connectivity index (χ2n) is 5.60. The van der Waals surface area contributed by atoms with Crippen LogP contribution in [0.3, 0.4) is 0 Å². The number of hydrogen-bond acceptors (Lipinski definition) is 3. The highest BCUT2D eigenvalue weighted by atomic mass is 15.3. The Morgan fingerprint density at radius 2 is 1.89 bits per heavy atom. The zero-order chi connectivity index (χ0) is 13.8. The van der Waals surface area contributed by atoms with Crippen LogP contribution in [0.4, 0.5) is 5.69 Å². The lowest BCUT2D eigenvalue weighted by molar-refractivity contribution is 0.193. The van der Waals surface area contributed by atoms with Crippen molar-refractivity contribution in [1.29, 1.82) is 0 Å². The van der Waals surface area contributed by atoms with Crippen molar-refractivity contribution in [2.45, 2.75) is 39.8 Å². The standard InChI is InChI=1S/C16H27N3/c1-4-14(3)18-7-9-19(10-8-18)16-6-5-15(12-17)13(2)11-16/h5-6,11,14H,4,7-10,12,17H2,1-3H3. The van der Waals surface area contributed by atoms with E-state index in [1.54, 1.807) is 0 Å². The number of piperazine rings is 1. The van der Waals surface area contributed by atoms with Crippen LogP contribution in [0.1, 0.15) is 31.4 Å². The molecule has 1 aromatic rings. The molecule has 3 heteroatoms. The smallest absolute Gasteiger partial charge is 0.0369 e. The Bertz CT molecular complexity index is 408. The van der Waals surface area contributed by atoms with Crippen molar-refractivity contribution in [3.05, 3.63) is 29.3 Å². The first kappa shape index (κ1) is 14.4. The summed E-state index contributed by atoms with van der Waals surface area (Å²) in [4.78, 5) is 5.09. The van der Waals surface area contributed by atoms with E-state index in [1.807, 2.05) is 0 Å². The van der Waals surface area contributed by atoms with Crippen LogP contribution in [0.15, 0.2) is 18.2 Å². The van der Waals surface area contributed by atoms with Crippen molar-refractivity contribution in [2.24, 2.45) is 5.73 Å². The molecule has 1 aromatic carbocycles. The SMILES string of the molecule is CCC(C)N1CCN(c2ccc(CN)c(C)c2)CC1. The van der Waals surface area contributed by atoms with Gasteiger partial charge in [0.1, 0.15) is 0 Å². The third kappa shape index (κ3) is 3.28. The van der Waals surface area contributed by atoms with E-state index in [0.717, 1.165) is 13.1 Å². The molecule has 1 fully saturated rings. The zero-order valence-electron chi connectivity index (χ0n) is 12.5. The summed E-state index contributed by atoms with van der Waals surface area (Å²) < 4.78 is 0. The molecule has 1 atom stereocenters. The molecule has 0 saturated carbocycles. The molecule has 19 heavy (non-hydrogen) atoms. The summed E-state index contributed by atoms with van der Waals surface area (Å²) in [6, 6.07) is 7.38. The summed E-state index contributed by atoms with van der Waals surface area (Å²) in [6.07, 6.45) is 1.24. The third-order valence-electron chi connectivity index (χ3n) is 4.44. The minimum Gasteiger partial charge on any atom is -0.369 e. The Labute approximate surface area is 117 Å². The lowest BCUT2D eigenvalue weighted by Crippen LogP contribution is -2.49. The molecule has 1 heterocycles. The fraction of sp³-hybridized carbons (Fsp3) is 0.625. The molecular weight excluding hydrogens is 234 g/mol. The Morgan fingerprint density at radius 3 is 2.42 bits per heavy atom. The number of rotatable bonds is 4. The first-order valence-corrected chi connectivity index (χ1v) is 7.44. The van der Waals surface area contributed by atoms with Crippen LogP contribution in [0.2, 0.25) is 0 Å². The topological polar surface area (TPSA) is 32.5 Å². The zero-order valence-corrected chi connectivity index (χ0v) is 12.5. The van der Waals surface area contributed by atoms with Gasteiger partial charge >= 0.3 is 0 Å². The summed E-state index contributed by atoms with van der Waals surface area (Å²) in [5, 5.41) is 0. The summed E-state index contributed by atoms with van der Waals surface area (Å²) in [6.45, 7) is 12.0. The molecule has 0 amide bonds. The van der Waals surface area contributed by atoms with E-state index in [9.17, 15) is 0 Å². The van der Waals surface area contributed by atoms with Crippen LogP contribution in [-0.4, -0.2) is 37.1 Å². The van der Waals surface area contributed by atoms with Crippen molar-refractivity contribution < 1.29 is 0 Å². The number of benzene rings is 1. The highest BCUT2D eigenvalue weighted by Crippen LogP contribution is 2.21. The van der Waals surface area contributed by atoms with Gasteiger partial charge in [0.25, 0.3) is 0 Å². The van der Waals surface area contributed by atoms with E-state index in [0.29, 0.717) is 12.6 Å². The fourth-order valence-corrected chi connectivity index (χ4v) is 2.78. The van der Waals surface area contributed by atoms with Crippen molar-refractivity contribution in [2.75, 3.05) is 31.1 Å². The third-order valence-corrected chi connectivity index (χ3v) is 4.44. The summed E-state index contributed by atoms with van der Waals surface area (Å²) in [5.41, 5.74) is 9.63. The van der Waals surface area contributed by atoms with Crippen molar-refractivity contribution in [1.82, 2.24) is 4.90 Å². The molecule has 0 spiro atoms. The molecule has 2 N–H and O–H groups in total. The van der Waals surface area contributed by atoms with Crippen LogP contribution in [-0.2, 0) is 6.54 Å². The van der Waals surface area contributed by atoms with Gasteiger partial charge in [0.05, 0.1) is 0 Å². The van der Waals surface area contributed by atoms with Crippen LogP contribution in [0.5, 0.6) is 0 Å². The molecule has 1 aliphatic rings. The van der Waals surface area contributed by atoms with Gasteiger partial charge in [0.2, 0.25) is 0 Å². The van der Waals surface area contributed by atoms with E-state index < -0.39 is 0 Å². The molecular formula is C16H27N3. The maximum atomic E-state index is 5.73. The molecule has 1 aliphatic heterocycles. The molecule has 0 aromatic heterocycles. The van der Waals surface area contributed by atoms with E-state index in [4.69, 9.17) is 5.73 Å². The number of nitrogens with two attached hydrogens (primary N) is 1. The maximum absolute atomic E-state index is 5.73.